The number of benzene rings is 4. The number of nitrogens with one attached hydrogen (secondary N) is 1. The number of esters is 1. The van der Waals surface area contributed by atoms with Crippen LogP contribution in [0.4, 0.5) is 5.69 Å². The number of allylic oxidation sites excluding steroid dienone is 1. The lowest BCUT2D eigenvalue weighted by atomic mass is 9.95. The number of rotatable bonds is 11. The highest BCUT2D eigenvalue weighted by Crippen LogP contribution is 2.36. The minimum Gasteiger partial charge on any atom is -0.493 e. The summed E-state index contributed by atoms with van der Waals surface area (Å²) in [6.07, 6.45) is 1.73. The monoisotopic (exact) mass is 693 g/mol. The van der Waals surface area contributed by atoms with E-state index in [0.29, 0.717) is 61.5 Å². The van der Waals surface area contributed by atoms with Crippen LogP contribution in [0.15, 0.2) is 99.9 Å². The predicted octanol–water partition coefficient (Wildman–Crippen LogP) is 4.99. The Balaban J connectivity index is 1.31. The average molecular weight is 694 g/mol. The summed E-state index contributed by atoms with van der Waals surface area (Å²) in [4.78, 5) is 45.1. The number of methoxy groups -OCH3 is 3. The van der Waals surface area contributed by atoms with Crippen LogP contribution in [-0.2, 0) is 14.3 Å². The summed E-state index contributed by atoms with van der Waals surface area (Å²) in [6.45, 7) is 3.67. The molecule has 1 atom stereocenters. The van der Waals surface area contributed by atoms with Crippen molar-refractivity contribution in [3.8, 4) is 23.0 Å². The van der Waals surface area contributed by atoms with E-state index in [1.807, 2.05) is 49.4 Å². The molecule has 4 aromatic carbocycles. The number of hydrogen-bond acceptors (Lipinski definition) is 10. The van der Waals surface area contributed by atoms with Crippen LogP contribution < -0.4 is 39.2 Å². The van der Waals surface area contributed by atoms with Crippen molar-refractivity contribution in [2.24, 2.45) is 4.99 Å². The van der Waals surface area contributed by atoms with Crippen molar-refractivity contribution in [2.45, 2.75) is 19.9 Å². The maximum atomic E-state index is 14.1. The van der Waals surface area contributed by atoms with Gasteiger partial charge in [-0.3, -0.25) is 14.2 Å². The summed E-state index contributed by atoms with van der Waals surface area (Å²) in [5.74, 6) is 0.835. The van der Waals surface area contributed by atoms with Gasteiger partial charge in [0.05, 0.1) is 49.8 Å². The summed E-state index contributed by atoms with van der Waals surface area (Å²) in [5.41, 5.74) is 2.32. The third-order valence-corrected chi connectivity index (χ3v) is 9.12. The van der Waals surface area contributed by atoms with Crippen LogP contribution >= 0.6 is 11.3 Å². The maximum Gasteiger partial charge on any atom is 0.338 e. The molecule has 1 aliphatic heterocycles. The molecule has 12 heteroatoms. The molecule has 5 aromatic rings. The van der Waals surface area contributed by atoms with Crippen LogP contribution in [0.5, 0.6) is 23.0 Å². The Morgan fingerprint density at radius 2 is 1.66 bits per heavy atom. The van der Waals surface area contributed by atoms with Crippen molar-refractivity contribution in [1.29, 1.82) is 0 Å². The van der Waals surface area contributed by atoms with Crippen molar-refractivity contribution < 1.29 is 33.3 Å². The van der Waals surface area contributed by atoms with Gasteiger partial charge < -0.3 is 29.0 Å². The Morgan fingerprint density at radius 1 is 0.900 bits per heavy atom. The SMILES string of the molecule is CCOc1cc(/C=c2/sc3n(c2=O)C(c2ccc(OC)c(OC)c2)C(C(=O)OC)=C(C)N=3)ccc1OCC(=O)Nc1cccc2ccccc12. The van der Waals surface area contributed by atoms with E-state index in [4.69, 9.17) is 23.7 Å². The van der Waals surface area contributed by atoms with Gasteiger partial charge >= 0.3 is 5.97 Å². The van der Waals surface area contributed by atoms with Crippen molar-refractivity contribution in [3.63, 3.8) is 0 Å². The molecule has 0 saturated heterocycles. The normalized spacial score (nSPS) is 14.1. The Bertz CT molecular complexity index is 2320. The first-order chi connectivity index (χ1) is 24.3. The third-order valence-electron chi connectivity index (χ3n) is 8.14. The molecule has 0 saturated carbocycles. The molecule has 2 heterocycles. The number of amides is 1. The molecule has 11 nitrogen and oxygen atoms in total. The van der Waals surface area contributed by atoms with Crippen molar-refractivity contribution in [1.82, 2.24) is 4.57 Å². The second-order valence-corrected chi connectivity index (χ2v) is 12.2. The second-order valence-electron chi connectivity index (χ2n) is 11.2. The van der Waals surface area contributed by atoms with Gasteiger partial charge in [0.15, 0.2) is 34.4 Å². The van der Waals surface area contributed by atoms with Crippen LogP contribution in [0.3, 0.4) is 0 Å². The van der Waals surface area contributed by atoms with E-state index in [1.165, 1.54) is 37.2 Å². The first kappa shape index (κ1) is 34.0. The minimum atomic E-state index is -0.824. The smallest absolute Gasteiger partial charge is 0.338 e. The van der Waals surface area contributed by atoms with Gasteiger partial charge in [0.1, 0.15) is 0 Å². The topological polar surface area (TPSA) is 127 Å². The van der Waals surface area contributed by atoms with Gasteiger partial charge in [-0.2, -0.15) is 0 Å². The van der Waals surface area contributed by atoms with Crippen LogP contribution in [0.25, 0.3) is 16.8 Å². The Labute approximate surface area is 291 Å². The van der Waals surface area contributed by atoms with Crippen LogP contribution in [0.2, 0.25) is 0 Å². The number of carbonyl (C=O) groups is 2. The molecular formula is C38H35N3O8S. The van der Waals surface area contributed by atoms with E-state index in [9.17, 15) is 14.4 Å². The van der Waals surface area contributed by atoms with E-state index < -0.39 is 12.0 Å². The molecule has 0 radical (unpaired) electrons. The number of carbonyl (C=O) groups excluding carboxylic acids is 2. The second kappa shape index (κ2) is 14.7. The highest BCUT2D eigenvalue weighted by atomic mass is 32.1. The van der Waals surface area contributed by atoms with Crippen molar-refractivity contribution >= 4 is 45.7 Å². The molecule has 1 amide bonds. The Kier molecular flexibility index (Phi) is 10.0. The fourth-order valence-corrected chi connectivity index (χ4v) is 6.89. The van der Waals surface area contributed by atoms with E-state index >= 15 is 0 Å². The highest BCUT2D eigenvalue weighted by Gasteiger charge is 2.33. The number of thiazole rings is 1. The molecule has 1 N–H and O–H groups in total. The maximum absolute atomic E-state index is 14.1. The standard InChI is InChI=1S/C38H35N3O8S/c1-6-48-31-18-23(14-16-29(31)49-21-33(42)40-27-13-9-11-24-10-7-8-12-26(24)27)19-32-36(43)41-35(25-15-17-28(45-3)30(20-25)46-4)34(37(44)47-5)22(2)39-38(41)50-32/h7-20,35H,6,21H2,1-5H3,(H,40,42)/b32-19+. The van der Waals surface area contributed by atoms with Gasteiger partial charge in [0.25, 0.3) is 11.5 Å². The predicted molar refractivity (Wildman–Crippen MR) is 191 cm³/mol. The largest absolute Gasteiger partial charge is 0.493 e. The fraction of sp³-hybridized carbons (Fsp3) is 0.211. The summed E-state index contributed by atoms with van der Waals surface area (Å²) in [5, 5.41) is 4.87. The summed E-state index contributed by atoms with van der Waals surface area (Å²) >= 11 is 1.20. The lowest BCUT2D eigenvalue weighted by Gasteiger charge is -2.25. The molecule has 256 valence electrons. The van der Waals surface area contributed by atoms with Gasteiger partial charge in [-0.15, -0.1) is 0 Å². The molecule has 0 spiro atoms. The molecule has 1 aromatic heterocycles. The first-order valence-corrected chi connectivity index (χ1v) is 16.6. The van der Waals surface area contributed by atoms with Crippen molar-refractivity contribution in [3.05, 3.63) is 121 Å². The highest BCUT2D eigenvalue weighted by molar-refractivity contribution is 7.07. The fourth-order valence-electron chi connectivity index (χ4n) is 5.85. The molecule has 1 aliphatic rings. The minimum absolute atomic E-state index is 0.237. The lowest BCUT2D eigenvalue weighted by Crippen LogP contribution is -2.39. The zero-order chi connectivity index (χ0) is 35.4. The quantitative estimate of drug-likeness (QED) is 0.192. The van der Waals surface area contributed by atoms with Crippen LogP contribution in [0, 0.1) is 0 Å². The van der Waals surface area contributed by atoms with Gasteiger partial charge in [0, 0.05) is 11.1 Å². The van der Waals surface area contributed by atoms with E-state index in [1.54, 1.807) is 49.4 Å². The molecule has 0 aliphatic carbocycles. The number of hydrogen-bond donors (Lipinski definition) is 1. The Hall–Kier alpha value is -5.88. The number of nitrogens with zero attached hydrogens (tertiary/aromatic N) is 2. The first-order valence-electron chi connectivity index (χ1n) is 15.8. The Morgan fingerprint density at radius 3 is 2.42 bits per heavy atom. The van der Waals surface area contributed by atoms with Gasteiger partial charge in [0.2, 0.25) is 0 Å². The third kappa shape index (κ3) is 6.70. The van der Waals surface area contributed by atoms with Gasteiger partial charge in [-0.1, -0.05) is 59.9 Å². The number of aromatic nitrogens is 1. The molecule has 0 fully saturated rings. The zero-order valence-corrected chi connectivity index (χ0v) is 29.0. The van der Waals surface area contributed by atoms with E-state index in [2.05, 4.69) is 10.3 Å². The van der Waals surface area contributed by atoms with Gasteiger partial charge in [-0.25, -0.2) is 9.79 Å². The molecular weight excluding hydrogens is 658 g/mol. The van der Waals surface area contributed by atoms with E-state index in [0.717, 1.165) is 10.8 Å². The average Bonchev–Trinajstić information content (AvgIpc) is 3.43. The summed E-state index contributed by atoms with van der Waals surface area (Å²) < 4.78 is 29.7. The molecule has 50 heavy (non-hydrogen) atoms. The number of anilines is 1. The van der Waals surface area contributed by atoms with Crippen LogP contribution in [-0.4, -0.2) is 51.0 Å². The van der Waals surface area contributed by atoms with E-state index in [-0.39, 0.29) is 23.6 Å². The number of fused-ring (bicyclic) bond motifs is 2. The zero-order valence-electron chi connectivity index (χ0n) is 28.1. The summed E-state index contributed by atoms with van der Waals surface area (Å²) in [6, 6.07) is 23.1. The van der Waals surface area contributed by atoms with Gasteiger partial charge in [-0.05, 0) is 66.8 Å². The van der Waals surface area contributed by atoms with Crippen molar-refractivity contribution in [2.75, 3.05) is 39.9 Å². The molecule has 1 unspecified atom stereocenters. The van der Waals surface area contributed by atoms with Crippen LogP contribution in [0.1, 0.15) is 31.0 Å². The summed E-state index contributed by atoms with van der Waals surface area (Å²) in [7, 11) is 4.34. The number of ether oxygens (including phenoxy) is 5. The molecule has 0 bridgehead atoms. The molecule has 6 rings (SSSR count). The lowest BCUT2D eigenvalue weighted by molar-refractivity contribution is -0.136.